The molecule has 0 unspecified atom stereocenters. The van der Waals surface area contributed by atoms with Gasteiger partial charge in [-0.2, -0.15) is 0 Å². The predicted octanol–water partition coefficient (Wildman–Crippen LogP) is 2.90. The Morgan fingerprint density at radius 1 is 0.941 bits per heavy atom. The molecule has 1 aromatic carbocycles. The second-order valence-electron chi connectivity index (χ2n) is 4.43. The zero-order chi connectivity index (χ0) is 11.9. The van der Waals surface area contributed by atoms with Crippen LogP contribution in [0.5, 0.6) is 11.5 Å². The van der Waals surface area contributed by atoms with Crippen LogP contribution in [0.2, 0.25) is 0 Å². The average Bonchev–Trinajstić information content (AvgIpc) is 2.81. The number of aliphatic hydroxyl groups excluding tert-OH is 1. The van der Waals surface area contributed by atoms with E-state index in [4.69, 9.17) is 14.6 Å². The van der Waals surface area contributed by atoms with Crippen LogP contribution in [0.25, 0.3) is 0 Å². The third kappa shape index (κ3) is 3.63. The molecule has 1 aromatic rings. The summed E-state index contributed by atoms with van der Waals surface area (Å²) in [6.45, 7) is 0.669. The molecule has 0 atom stereocenters. The molecule has 0 spiro atoms. The molecule has 0 amide bonds. The molecule has 3 nitrogen and oxygen atoms in total. The Kier molecular flexibility index (Phi) is 4.68. The largest absolute Gasteiger partial charge is 0.454 e. The number of rotatable bonds is 7. The fourth-order valence-electron chi connectivity index (χ4n) is 2.07. The van der Waals surface area contributed by atoms with E-state index in [-0.39, 0.29) is 0 Å². The van der Waals surface area contributed by atoms with Crippen molar-refractivity contribution in [2.24, 2.45) is 0 Å². The van der Waals surface area contributed by atoms with Crippen LogP contribution in [0, 0.1) is 0 Å². The third-order valence-electron chi connectivity index (χ3n) is 3.06. The second-order valence-corrected chi connectivity index (χ2v) is 4.43. The molecule has 0 aromatic heterocycles. The van der Waals surface area contributed by atoms with Crippen molar-refractivity contribution in [3.63, 3.8) is 0 Å². The molecule has 0 saturated heterocycles. The lowest BCUT2D eigenvalue weighted by molar-refractivity contribution is 0.174. The quantitative estimate of drug-likeness (QED) is 0.740. The summed E-state index contributed by atoms with van der Waals surface area (Å²) in [5.41, 5.74) is 1.32. The molecule has 1 N–H and O–H groups in total. The van der Waals surface area contributed by atoms with Crippen molar-refractivity contribution in [3.05, 3.63) is 23.8 Å². The highest BCUT2D eigenvalue weighted by molar-refractivity contribution is 5.44. The zero-order valence-corrected chi connectivity index (χ0v) is 10.2. The van der Waals surface area contributed by atoms with Crippen LogP contribution < -0.4 is 9.47 Å². The van der Waals surface area contributed by atoms with Gasteiger partial charge in [0.2, 0.25) is 6.79 Å². The molecule has 0 saturated carbocycles. The maximum Gasteiger partial charge on any atom is 0.231 e. The average molecular weight is 236 g/mol. The number of fused-ring (bicyclic) bond motifs is 1. The SMILES string of the molecule is OCCCCCCCc1ccc2c(c1)OCO2. The van der Waals surface area contributed by atoms with Crippen LogP contribution in [-0.4, -0.2) is 18.5 Å². The fourth-order valence-corrected chi connectivity index (χ4v) is 2.07. The van der Waals surface area contributed by atoms with Gasteiger partial charge in [-0.3, -0.25) is 0 Å². The summed E-state index contributed by atoms with van der Waals surface area (Å²) in [4.78, 5) is 0. The summed E-state index contributed by atoms with van der Waals surface area (Å²) in [5, 5.41) is 8.66. The van der Waals surface area contributed by atoms with Gasteiger partial charge in [-0.25, -0.2) is 0 Å². The van der Waals surface area contributed by atoms with E-state index in [1.165, 1.54) is 24.8 Å². The first kappa shape index (κ1) is 12.2. The summed E-state index contributed by atoms with van der Waals surface area (Å²) < 4.78 is 10.6. The number of benzene rings is 1. The summed E-state index contributed by atoms with van der Waals surface area (Å²) in [5.74, 6) is 1.74. The minimum Gasteiger partial charge on any atom is -0.454 e. The Morgan fingerprint density at radius 2 is 1.71 bits per heavy atom. The number of ether oxygens (including phenoxy) is 2. The van der Waals surface area contributed by atoms with Crippen LogP contribution in [0.1, 0.15) is 37.7 Å². The fraction of sp³-hybridized carbons (Fsp3) is 0.571. The van der Waals surface area contributed by atoms with Gasteiger partial charge in [-0.05, 0) is 37.0 Å². The topological polar surface area (TPSA) is 38.7 Å². The lowest BCUT2D eigenvalue weighted by Gasteiger charge is -2.03. The molecule has 1 heterocycles. The molecule has 0 aliphatic carbocycles. The van der Waals surface area contributed by atoms with Gasteiger partial charge in [0, 0.05) is 6.61 Å². The predicted molar refractivity (Wildman–Crippen MR) is 66.4 cm³/mol. The Labute approximate surface area is 102 Å². The van der Waals surface area contributed by atoms with Gasteiger partial charge in [0.15, 0.2) is 11.5 Å². The van der Waals surface area contributed by atoms with E-state index < -0.39 is 0 Å². The highest BCUT2D eigenvalue weighted by Gasteiger charge is 2.12. The van der Waals surface area contributed by atoms with Gasteiger partial charge < -0.3 is 14.6 Å². The summed E-state index contributed by atoms with van der Waals surface area (Å²) in [6, 6.07) is 6.18. The van der Waals surface area contributed by atoms with Crippen molar-refractivity contribution in [1.82, 2.24) is 0 Å². The van der Waals surface area contributed by atoms with Crippen LogP contribution in [-0.2, 0) is 6.42 Å². The zero-order valence-electron chi connectivity index (χ0n) is 10.2. The molecule has 0 fully saturated rings. The Hall–Kier alpha value is -1.22. The van der Waals surface area contributed by atoms with Crippen molar-refractivity contribution in [2.75, 3.05) is 13.4 Å². The highest BCUT2D eigenvalue weighted by atomic mass is 16.7. The van der Waals surface area contributed by atoms with Crippen molar-refractivity contribution < 1.29 is 14.6 Å². The minimum absolute atomic E-state index is 0.322. The second kappa shape index (κ2) is 6.50. The Bertz CT molecular complexity index is 349. The molecule has 94 valence electrons. The maximum absolute atomic E-state index is 8.66. The van der Waals surface area contributed by atoms with E-state index in [0.29, 0.717) is 13.4 Å². The number of hydrogen-bond donors (Lipinski definition) is 1. The summed E-state index contributed by atoms with van der Waals surface area (Å²) in [7, 11) is 0. The first-order valence-corrected chi connectivity index (χ1v) is 6.39. The Morgan fingerprint density at radius 3 is 2.59 bits per heavy atom. The summed E-state index contributed by atoms with van der Waals surface area (Å²) >= 11 is 0. The van der Waals surface area contributed by atoms with E-state index in [0.717, 1.165) is 30.8 Å². The normalized spacial score (nSPS) is 13.0. The van der Waals surface area contributed by atoms with E-state index >= 15 is 0 Å². The van der Waals surface area contributed by atoms with Crippen molar-refractivity contribution >= 4 is 0 Å². The first-order valence-electron chi connectivity index (χ1n) is 6.39. The highest BCUT2D eigenvalue weighted by Crippen LogP contribution is 2.32. The number of hydrogen-bond acceptors (Lipinski definition) is 3. The van der Waals surface area contributed by atoms with Crippen LogP contribution >= 0.6 is 0 Å². The third-order valence-corrected chi connectivity index (χ3v) is 3.06. The van der Waals surface area contributed by atoms with Crippen molar-refractivity contribution in [2.45, 2.75) is 38.5 Å². The van der Waals surface area contributed by atoms with Crippen molar-refractivity contribution in [3.8, 4) is 11.5 Å². The molecule has 2 rings (SSSR count). The smallest absolute Gasteiger partial charge is 0.231 e. The van der Waals surface area contributed by atoms with Gasteiger partial charge in [0.1, 0.15) is 0 Å². The number of aliphatic hydroxyl groups is 1. The van der Waals surface area contributed by atoms with E-state index in [1.807, 2.05) is 6.07 Å². The first-order chi connectivity index (χ1) is 8.40. The van der Waals surface area contributed by atoms with Gasteiger partial charge in [-0.1, -0.05) is 25.3 Å². The molecule has 3 heteroatoms. The molecule has 17 heavy (non-hydrogen) atoms. The monoisotopic (exact) mass is 236 g/mol. The Balaban J connectivity index is 1.69. The van der Waals surface area contributed by atoms with Gasteiger partial charge in [-0.15, -0.1) is 0 Å². The van der Waals surface area contributed by atoms with Crippen LogP contribution in [0.15, 0.2) is 18.2 Å². The van der Waals surface area contributed by atoms with Gasteiger partial charge >= 0.3 is 0 Å². The minimum atomic E-state index is 0.322. The van der Waals surface area contributed by atoms with Gasteiger partial charge in [0.05, 0.1) is 0 Å². The lowest BCUT2D eigenvalue weighted by atomic mass is 10.1. The van der Waals surface area contributed by atoms with Crippen LogP contribution in [0.3, 0.4) is 0 Å². The molecular formula is C14H20O3. The van der Waals surface area contributed by atoms with Gasteiger partial charge in [0.25, 0.3) is 0 Å². The standard InChI is InChI=1S/C14H20O3/c15-9-5-3-1-2-4-6-12-7-8-13-14(10-12)17-11-16-13/h7-8,10,15H,1-6,9,11H2. The number of unbranched alkanes of at least 4 members (excludes halogenated alkanes) is 4. The molecular weight excluding hydrogens is 216 g/mol. The van der Waals surface area contributed by atoms with E-state index in [1.54, 1.807) is 0 Å². The number of aryl methyl sites for hydroxylation is 1. The van der Waals surface area contributed by atoms with E-state index in [2.05, 4.69) is 12.1 Å². The summed E-state index contributed by atoms with van der Waals surface area (Å²) in [6.07, 6.45) is 6.81. The van der Waals surface area contributed by atoms with Crippen LogP contribution in [0.4, 0.5) is 0 Å². The van der Waals surface area contributed by atoms with E-state index in [9.17, 15) is 0 Å². The molecule has 0 bridgehead atoms. The maximum atomic E-state index is 8.66. The molecule has 1 aliphatic heterocycles. The van der Waals surface area contributed by atoms with Crippen molar-refractivity contribution in [1.29, 1.82) is 0 Å². The molecule has 1 aliphatic rings. The molecule has 0 radical (unpaired) electrons. The lowest BCUT2D eigenvalue weighted by Crippen LogP contribution is -1.93.